The lowest BCUT2D eigenvalue weighted by molar-refractivity contribution is 0.0600. The molecule has 0 bridgehead atoms. The summed E-state index contributed by atoms with van der Waals surface area (Å²) in [5.74, 6) is -2.64. The molecule has 0 radical (unpaired) electrons. The van der Waals surface area contributed by atoms with Gasteiger partial charge in [-0.25, -0.2) is 9.78 Å². The second kappa shape index (κ2) is 4.24. The summed E-state index contributed by atoms with van der Waals surface area (Å²) < 4.78 is 59.2. The van der Waals surface area contributed by atoms with E-state index in [0.29, 0.717) is 12.3 Å². The van der Waals surface area contributed by atoms with Crippen LogP contribution >= 0.6 is 21.4 Å². The van der Waals surface area contributed by atoms with E-state index >= 15 is 0 Å². The molecule has 110 valence electrons. The maximum absolute atomic E-state index is 13.7. The molecule has 0 aromatic carbocycles. The molecule has 0 aliphatic carbocycles. The maximum atomic E-state index is 13.7. The highest BCUT2D eigenvalue weighted by Crippen LogP contribution is 3.00. The number of pyridine rings is 1. The van der Waals surface area contributed by atoms with Crippen LogP contribution in [0.4, 0.5) is 15.5 Å². The van der Waals surface area contributed by atoms with Gasteiger partial charge in [-0.05, 0) is 19.1 Å². The smallest absolute Gasteiger partial charge is 0.339 e. The number of carbonyl (C=O) groups excluding carboxylic acids is 1. The third kappa shape index (κ3) is 3.73. The fourth-order valence-electron chi connectivity index (χ4n) is 1.43. The molecule has 0 fully saturated rings. The monoisotopic (exact) mass is 321 g/mol. The predicted octanol–water partition coefficient (Wildman–Crippen LogP) is 4.27. The number of rotatable bonds is 4. The summed E-state index contributed by atoms with van der Waals surface area (Å²) in [6.07, 6.45) is 0.623. The molecule has 1 aromatic heterocycles. The Hall–Kier alpha value is -1.02. The van der Waals surface area contributed by atoms with Crippen LogP contribution in [-0.2, 0) is 4.74 Å². The van der Waals surface area contributed by atoms with Crippen LogP contribution in [0.5, 0.6) is 0 Å². The number of hydrogen-bond acceptors (Lipinski definition) is 3. The van der Waals surface area contributed by atoms with Crippen LogP contribution in [0.1, 0.15) is 17.3 Å². The molecule has 1 atom stereocenters. The largest absolute Gasteiger partial charge is 0.465 e. The molecule has 0 aliphatic rings. The SMILES string of the molecule is COC(=O)c1ccc(S(F)(F)(F)(F)CC(C)Cl)nc1. The summed E-state index contributed by atoms with van der Waals surface area (Å²) in [5.41, 5.74) is -0.196. The van der Waals surface area contributed by atoms with Crippen LogP contribution in [0, 0.1) is 0 Å². The van der Waals surface area contributed by atoms with E-state index in [2.05, 4.69) is 9.72 Å². The van der Waals surface area contributed by atoms with Gasteiger partial charge in [-0.1, -0.05) is 0 Å². The van der Waals surface area contributed by atoms with Crippen LogP contribution in [0.15, 0.2) is 23.4 Å². The molecule has 1 unspecified atom stereocenters. The minimum Gasteiger partial charge on any atom is -0.465 e. The predicted molar refractivity (Wildman–Crippen MR) is 66.0 cm³/mol. The second-order valence-corrected chi connectivity index (χ2v) is 8.04. The number of aromatic nitrogens is 1. The molecule has 0 saturated carbocycles. The van der Waals surface area contributed by atoms with Gasteiger partial charge in [0, 0.05) is 11.6 Å². The van der Waals surface area contributed by atoms with Crippen molar-refractivity contribution >= 4 is 27.4 Å². The van der Waals surface area contributed by atoms with Crippen molar-refractivity contribution in [1.82, 2.24) is 4.98 Å². The second-order valence-electron chi connectivity index (χ2n) is 4.06. The number of carbonyl (C=O) groups is 1. The first-order valence-electron chi connectivity index (χ1n) is 5.06. The van der Waals surface area contributed by atoms with E-state index in [1.54, 1.807) is 0 Å². The Labute approximate surface area is 112 Å². The lowest BCUT2D eigenvalue weighted by Crippen LogP contribution is -2.25. The number of halogens is 5. The summed E-state index contributed by atoms with van der Waals surface area (Å²) in [4.78, 5) is 14.1. The first-order chi connectivity index (χ1) is 8.38. The van der Waals surface area contributed by atoms with Crippen LogP contribution in [0.2, 0.25) is 0 Å². The van der Waals surface area contributed by atoms with E-state index in [4.69, 9.17) is 11.6 Å². The highest BCUT2D eigenvalue weighted by molar-refractivity contribution is 8.49. The standard InChI is InChI=1S/C10H12ClF4NO2S/c1-7(11)6-19(12,13,14,15)9-4-3-8(5-16-9)10(17)18-2/h3-5,7H,6H2,1-2H3. The highest BCUT2D eigenvalue weighted by Gasteiger charge is 2.66. The molecular weight excluding hydrogens is 310 g/mol. The van der Waals surface area contributed by atoms with Crippen LogP contribution in [0.25, 0.3) is 0 Å². The van der Waals surface area contributed by atoms with Crippen molar-refractivity contribution in [3.05, 3.63) is 23.9 Å². The minimum atomic E-state index is -8.53. The van der Waals surface area contributed by atoms with Crippen LogP contribution in [-0.4, -0.2) is 29.2 Å². The van der Waals surface area contributed by atoms with E-state index in [-0.39, 0.29) is 5.56 Å². The van der Waals surface area contributed by atoms with E-state index in [0.717, 1.165) is 20.1 Å². The molecular formula is C10H12ClF4NO2S. The third-order valence-electron chi connectivity index (χ3n) is 2.19. The zero-order chi connectivity index (χ0) is 15.0. The van der Waals surface area contributed by atoms with Gasteiger partial charge < -0.3 is 4.74 Å². The Morgan fingerprint density at radius 2 is 2.00 bits per heavy atom. The van der Waals surface area contributed by atoms with E-state index in [1.165, 1.54) is 0 Å². The zero-order valence-corrected chi connectivity index (χ0v) is 11.7. The number of esters is 1. The number of hydrogen-bond donors (Lipinski definition) is 0. The first-order valence-corrected chi connectivity index (χ1v) is 7.72. The number of nitrogens with zero attached hydrogens (tertiary/aromatic N) is 1. The number of methoxy groups -OCH3 is 1. The molecule has 0 saturated heterocycles. The van der Waals surface area contributed by atoms with Gasteiger partial charge in [0.2, 0.25) is 9.84 Å². The molecule has 0 amide bonds. The molecule has 0 N–H and O–H groups in total. The topological polar surface area (TPSA) is 39.2 Å². The molecule has 0 spiro atoms. The third-order valence-corrected chi connectivity index (χ3v) is 4.86. The molecule has 3 nitrogen and oxygen atoms in total. The van der Waals surface area contributed by atoms with Crippen molar-refractivity contribution in [2.75, 3.05) is 12.9 Å². The van der Waals surface area contributed by atoms with Crippen molar-refractivity contribution in [3.63, 3.8) is 0 Å². The average Bonchev–Trinajstić information content (AvgIpc) is 2.24. The Balaban J connectivity index is 3.26. The van der Waals surface area contributed by atoms with E-state index in [9.17, 15) is 20.3 Å². The summed E-state index contributed by atoms with van der Waals surface area (Å²) >= 11 is 5.26. The lowest BCUT2D eigenvalue weighted by atomic mass is 10.3. The Kier molecular flexibility index (Phi) is 3.58. The van der Waals surface area contributed by atoms with Gasteiger partial charge in [0.25, 0.3) is 0 Å². The van der Waals surface area contributed by atoms with Gasteiger partial charge in [0.05, 0.1) is 18.4 Å². The maximum Gasteiger partial charge on any atom is 0.339 e. The van der Waals surface area contributed by atoms with Crippen LogP contribution in [0.3, 0.4) is 0 Å². The van der Waals surface area contributed by atoms with Gasteiger partial charge in [-0.3, -0.25) is 0 Å². The quantitative estimate of drug-likeness (QED) is 0.472. The van der Waals surface area contributed by atoms with Crippen molar-refractivity contribution in [3.8, 4) is 0 Å². The zero-order valence-electron chi connectivity index (χ0n) is 10.1. The van der Waals surface area contributed by atoms with Gasteiger partial charge >= 0.3 is 5.97 Å². The molecule has 0 aliphatic heterocycles. The number of alkyl halides is 1. The van der Waals surface area contributed by atoms with Crippen molar-refractivity contribution in [2.24, 2.45) is 0 Å². The molecule has 1 heterocycles. The molecule has 9 heteroatoms. The molecule has 1 rings (SSSR count). The average molecular weight is 322 g/mol. The first kappa shape index (κ1) is 16.0. The van der Waals surface area contributed by atoms with Crippen LogP contribution < -0.4 is 0 Å². The van der Waals surface area contributed by atoms with Gasteiger partial charge in [-0.15, -0.1) is 27.1 Å². The Bertz CT molecular complexity index is 499. The van der Waals surface area contributed by atoms with Crippen molar-refractivity contribution in [1.29, 1.82) is 0 Å². The van der Waals surface area contributed by atoms with Crippen molar-refractivity contribution < 1.29 is 25.1 Å². The van der Waals surface area contributed by atoms with Gasteiger partial charge in [-0.2, -0.15) is 0 Å². The van der Waals surface area contributed by atoms with Crippen molar-refractivity contribution in [2.45, 2.75) is 17.3 Å². The van der Waals surface area contributed by atoms with Gasteiger partial charge in [0.1, 0.15) is 0 Å². The molecule has 1 aromatic rings. The normalized spacial score (nSPS) is 17.2. The summed E-state index contributed by atoms with van der Waals surface area (Å²) in [5, 5.41) is -3.08. The fourth-order valence-corrected chi connectivity index (χ4v) is 3.95. The Morgan fingerprint density at radius 1 is 1.42 bits per heavy atom. The minimum absolute atomic E-state index is 0.196. The Morgan fingerprint density at radius 3 is 2.37 bits per heavy atom. The number of ether oxygens (including phenoxy) is 1. The summed E-state index contributed by atoms with van der Waals surface area (Å²) in [6.45, 7) is 1.04. The van der Waals surface area contributed by atoms with Gasteiger partial charge in [0.15, 0.2) is 5.03 Å². The summed E-state index contributed by atoms with van der Waals surface area (Å²) in [7, 11) is -7.46. The van der Waals surface area contributed by atoms with E-state index in [1.807, 2.05) is 0 Å². The van der Waals surface area contributed by atoms with E-state index < -0.39 is 32.0 Å². The lowest BCUT2D eigenvalue weighted by Gasteiger charge is -2.49. The summed E-state index contributed by atoms with van der Waals surface area (Å²) in [6, 6.07) is 1.23. The fraction of sp³-hybridized carbons (Fsp3) is 0.400. The molecule has 19 heavy (non-hydrogen) atoms. The highest BCUT2D eigenvalue weighted by atomic mass is 35.5.